The lowest BCUT2D eigenvalue weighted by Gasteiger charge is -2.07. The second-order valence-electron chi connectivity index (χ2n) is 6.57. The van der Waals surface area contributed by atoms with Crippen LogP contribution in [0.2, 0.25) is 0 Å². The fourth-order valence-electron chi connectivity index (χ4n) is 3.12. The lowest BCUT2D eigenvalue weighted by Crippen LogP contribution is -2.16. The molecule has 2 aromatic rings. The number of carbonyl (C=O) groups is 1. The number of ketones is 1. The summed E-state index contributed by atoms with van der Waals surface area (Å²) in [6, 6.07) is 3.36. The van der Waals surface area contributed by atoms with Gasteiger partial charge in [0, 0.05) is 23.3 Å². The first-order valence-corrected chi connectivity index (χ1v) is 8.63. The molecule has 1 unspecified atom stereocenters. The molecule has 15 heteroatoms. The Morgan fingerprint density at radius 3 is 2.00 bits per heavy atom. The molecule has 0 N–H and O–H groups in total. The minimum Gasteiger partial charge on any atom is -0.384 e. The van der Waals surface area contributed by atoms with Crippen LogP contribution in [0.15, 0.2) is 29.4 Å². The Kier molecular flexibility index (Phi) is 5.32. The summed E-state index contributed by atoms with van der Waals surface area (Å²) in [5, 5.41) is 49.8. The Bertz CT molecular complexity index is 1270. The van der Waals surface area contributed by atoms with Gasteiger partial charge in [-0.25, -0.2) is 0 Å². The summed E-state index contributed by atoms with van der Waals surface area (Å²) in [4.78, 5) is 58.6. The summed E-state index contributed by atoms with van der Waals surface area (Å²) < 4.78 is 0. The first kappa shape index (κ1) is 21.9. The van der Waals surface area contributed by atoms with Crippen LogP contribution in [0.3, 0.4) is 0 Å². The van der Waals surface area contributed by atoms with E-state index in [0.717, 1.165) is 18.2 Å². The summed E-state index contributed by atoms with van der Waals surface area (Å²) in [6.45, 7) is 2.54. The summed E-state index contributed by atoms with van der Waals surface area (Å²) in [7, 11) is 0. The number of oxime groups is 1. The molecule has 0 aromatic heterocycles. The highest BCUT2D eigenvalue weighted by molar-refractivity contribution is 6.27. The molecule has 0 saturated carbocycles. The van der Waals surface area contributed by atoms with Crippen molar-refractivity contribution in [2.75, 3.05) is 0 Å². The fraction of sp³-hybridized carbons (Fsp3) is 0.176. The highest BCUT2D eigenvalue weighted by Gasteiger charge is 2.43. The second-order valence-corrected chi connectivity index (χ2v) is 6.57. The number of nitro groups is 4. The number of carbonyl (C=O) groups excluding carboxylic acids is 1. The Morgan fingerprint density at radius 2 is 1.50 bits per heavy atom. The predicted octanol–water partition coefficient (Wildman–Crippen LogP) is 3.05. The van der Waals surface area contributed by atoms with Gasteiger partial charge in [-0.3, -0.25) is 45.3 Å². The van der Waals surface area contributed by atoms with Crippen LogP contribution in [0.5, 0.6) is 0 Å². The molecule has 3 rings (SSSR count). The zero-order valence-electron chi connectivity index (χ0n) is 16.2. The third kappa shape index (κ3) is 3.47. The third-order valence-electron chi connectivity index (χ3n) is 4.68. The molecule has 15 nitrogen and oxygen atoms in total. The third-order valence-corrected chi connectivity index (χ3v) is 4.68. The van der Waals surface area contributed by atoms with E-state index in [1.54, 1.807) is 0 Å². The minimum atomic E-state index is -1.08. The van der Waals surface area contributed by atoms with E-state index in [1.165, 1.54) is 13.8 Å². The maximum absolute atomic E-state index is 11.7. The molecule has 32 heavy (non-hydrogen) atoms. The molecular weight excluding hydrogens is 434 g/mol. The van der Waals surface area contributed by atoms with E-state index < -0.39 is 65.5 Å². The van der Waals surface area contributed by atoms with Gasteiger partial charge in [0.2, 0.25) is 0 Å². The molecule has 0 aliphatic heterocycles. The van der Waals surface area contributed by atoms with Gasteiger partial charge in [-0.1, -0.05) is 5.16 Å². The zero-order valence-corrected chi connectivity index (χ0v) is 16.2. The van der Waals surface area contributed by atoms with Gasteiger partial charge in [-0.15, -0.1) is 0 Å². The highest BCUT2D eigenvalue weighted by Crippen LogP contribution is 2.51. The van der Waals surface area contributed by atoms with Crippen molar-refractivity contribution < 1.29 is 29.3 Å². The van der Waals surface area contributed by atoms with Crippen LogP contribution in [0.1, 0.15) is 25.0 Å². The molecule has 1 atom stereocenters. The number of hydrogen-bond acceptors (Lipinski definition) is 11. The van der Waals surface area contributed by atoms with Crippen molar-refractivity contribution in [1.82, 2.24) is 0 Å². The topological polar surface area (TPSA) is 211 Å². The Labute approximate surface area is 176 Å². The van der Waals surface area contributed by atoms with E-state index >= 15 is 0 Å². The molecule has 0 amide bonds. The number of benzene rings is 2. The molecule has 1 aliphatic rings. The normalized spacial score (nSPS) is 13.8. The predicted molar refractivity (Wildman–Crippen MR) is 105 cm³/mol. The van der Waals surface area contributed by atoms with E-state index in [9.17, 15) is 45.3 Å². The van der Waals surface area contributed by atoms with Gasteiger partial charge in [0.25, 0.3) is 11.4 Å². The molecule has 0 bridgehead atoms. The first-order valence-electron chi connectivity index (χ1n) is 8.63. The van der Waals surface area contributed by atoms with Crippen LogP contribution < -0.4 is 0 Å². The van der Waals surface area contributed by atoms with Crippen molar-refractivity contribution >= 4 is 34.2 Å². The molecule has 1 aliphatic carbocycles. The number of non-ortho nitro benzene ring substituents is 1. The van der Waals surface area contributed by atoms with E-state index in [0.29, 0.717) is 6.07 Å². The number of nitrogens with zero attached hydrogens (tertiary/aromatic N) is 5. The number of rotatable bonds is 7. The van der Waals surface area contributed by atoms with Gasteiger partial charge >= 0.3 is 11.4 Å². The summed E-state index contributed by atoms with van der Waals surface area (Å²) >= 11 is 0. The van der Waals surface area contributed by atoms with Crippen molar-refractivity contribution in [2.24, 2.45) is 5.16 Å². The van der Waals surface area contributed by atoms with Gasteiger partial charge in [0.1, 0.15) is 5.71 Å². The monoisotopic (exact) mass is 445 g/mol. The maximum atomic E-state index is 11.7. The standard InChI is InChI=1S/C17H11N5O10/c1-7(23)8(2)32-18-16-10-3-4-12(20(26)27)17(22(30)31)15(10)14-11(16)5-9(19(24)25)6-13(14)21(28)29/h3-6,8H,1-2H3/b18-16-. The zero-order chi connectivity index (χ0) is 23.9. The smallest absolute Gasteiger partial charge is 0.354 e. The molecule has 0 saturated heterocycles. The number of nitro benzene ring substituents is 4. The number of Topliss-reactive ketones (excluding diaryl/α,β-unsaturated/α-hetero) is 1. The van der Waals surface area contributed by atoms with E-state index in [1.807, 2.05) is 0 Å². The van der Waals surface area contributed by atoms with Gasteiger partial charge in [0.15, 0.2) is 11.9 Å². The van der Waals surface area contributed by atoms with Crippen LogP contribution in [0, 0.1) is 40.5 Å². The summed E-state index contributed by atoms with van der Waals surface area (Å²) in [5.74, 6) is -0.438. The molecule has 0 radical (unpaired) electrons. The van der Waals surface area contributed by atoms with Gasteiger partial charge in [0.05, 0.1) is 36.9 Å². The average Bonchev–Trinajstić information content (AvgIpc) is 3.03. The number of fused-ring (bicyclic) bond motifs is 3. The maximum Gasteiger partial charge on any atom is 0.354 e. The molecular formula is C17H11N5O10. The van der Waals surface area contributed by atoms with Crippen molar-refractivity contribution in [2.45, 2.75) is 20.0 Å². The average molecular weight is 445 g/mol. The van der Waals surface area contributed by atoms with Crippen LogP contribution in [-0.2, 0) is 9.63 Å². The molecule has 0 heterocycles. The van der Waals surface area contributed by atoms with Crippen molar-refractivity contribution in [3.8, 4) is 11.1 Å². The van der Waals surface area contributed by atoms with Crippen LogP contribution in [0.25, 0.3) is 11.1 Å². The molecule has 2 aromatic carbocycles. The first-order chi connectivity index (χ1) is 15.0. The molecule has 0 fully saturated rings. The summed E-state index contributed by atoms with van der Waals surface area (Å²) in [5.41, 5.74) is -5.26. The van der Waals surface area contributed by atoms with E-state index in [4.69, 9.17) is 4.84 Å². The van der Waals surface area contributed by atoms with Gasteiger partial charge < -0.3 is 4.84 Å². The van der Waals surface area contributed by atoms with Crippen LogP contribution >= 0.6 is 0 Å². The van der Waals surface area contributed by atoms with Crippen molar-refractivity contribution in [1.29, 1.82) is 0 Å². The quantitative estimate of drug-likeness (QED) is 0.383. The van der Waals surface area contributed by atoms with Gasteiger partial charge in [-0.05, 0) is 19.9 Å². The Balaban J connectivity index is 2.49. The lowest BCUT2D eigenvalue weighted by atomic mass is 10.0. The van der Waals surface area contributed by atoms with Gasteiger partial charge in [-0.2, -0.15) is 0 Å². The lowest BCUT2D eigenvalue weighted by molar-refractivity contribution is -0.422. The largest absolute Gasteiger partial charge is 0.384 e. The SMILES string of the molecule is CC(=O)C(C)O/N=C1\c2cc([N+](=O)[O-])cc([N+](=O)[O-])c2-c2c1ccc([N+](=O)[O-])c2[N+](=O)[O-]. The fourth-order valence-corrected chi connectivity index (χ4v) is 3.12. The van der Waals surface area contributed by atoms with E-state index in [-0.39, 0.29) is 16.8 Å². The van der Waals surface area contributed by atoms with Crippen LogP contribution in [-0.4, -0.2) is 37.3 Å². The van der Waals surface area contributed by atoms with E-state index in [2.05, 4.69) is 5.16 Å². The highest BCUT2D eigenvalue weighted by atomic mass is 16.6. The summed E-state index contributed by atoms with van der Waals surface area (Å²) in [6.07, 6.45) is -1.07. The number of hydrogen-bond donors (Lipinski definition) is 0. The van der Waals surface area contributed by atoms with Crippen molar-refractivity contribution in [3.63, 3.8) is 0 Å². The Morgan fingerprint density at radius 1 is 0.875 bits per heavy atom. The second kappa shape index (κ2) is 7.78. The minimum absolute atomic E-state index is 0.156. The van der Waals surface area contributed by atoms with Crippen molar-refractivity contribution in [3.05, 3.63) is 75.8 Å². The van der Waals surface area contributed by atoms with Crippen LogP contribution in [0.4, 0.5) is 22.7 Å². The molecule has 0 spiro atoms. The molecule has 164 valence electrons. The Hall–Kier alpha value is -4.82.